The third kappa shape index (κ3) is 5.01. The van der Waals surface area contributed by atoms with Crippen molar-refractivity contribution >= 4 is 22.3 Å². The molecule has 0 spiro atoms. The van der Waals surface area contributed by atoms with Crippen LogP contribution in [0.25, 0.3) is 0 Å². The van der Waals surface area contributed by atoms with Crippen molar-refractivity contribution in [2.24, 2.45) is 4.99 Å². The fourth-order valence-electron chi connectivity index (χ4n) is 3.43. The number of anilines is 1. The first-order chi connectivity index (χ1) is 12.8. The molecule has 140 valence electrons. The lowest BCUT2D eigenvalue weighted by Gasteiger charge is -2.33. The van der Waals surface area contributed by atoms with Gasteiger partial charge in [0, 0.05) is 25.7 Å². The predicted molar refractivity (Wildman–Crippen MR) is 113 cm³/mol. The minimum atomic E-state index is 0.491. The average Bonchev–Trinajstić information content (AvgIpc) is 3.22. The van der Waals surface area contributed by atoms with Crippen LogP contribution < -0.4 is 15.5 Å². The molecular formula is C21H30N4S. The fraction of sp³-hybridized carbons (Fsp3) is 0.476. The summed E-state index contributed by atoms with van der Waals surface area (Å²) in [6, 6.07) is 13.4. The Balaban J connectivity index is 1.56. The highest BCUT2D eigenvalue weighted by Crippen LogP contribution is 2.24. The lowest BCUT2D eigenvalue weighted by molar-refractivity contribution is 0.463. The number of aliphatic imine (C=N–C) groups is 1. The Morgan fingerprint density at radius 2 is 1.88 bits per heavy atom. The van der Waals surface area contributed by atoms with E-state index in [1.165, 1.54) is 16.1 Å². The molecule has 0 amide bonds. The summed E-state index contributed by atoms with van der Waals surface area (Å²) in [6.45, 7) is 8.15. The molecule has 1 aliphatic heterocycles. The Labute approximate surface area is 161 Å². The van der Waals surface area contributed by atoms with Gasteiger partial charge in [-0.15, -0.1) is 11.3 Å². The van der Waals surface area contributed by atoms with Crippen LogP contribution in [0.2, 0.25) is 0 Å². The van der Waals surface area contributed by atoms with Gasteiger partial charge in [0.2, 0.25) is 0 Å². The summed E-state index contributed by atoms with van der Waals surface area (Å²) in [7, 11) is 0. The SMILES string of the molecule is CCNC(=NCc1ccccc1CC)NC1CCN(c2cccs2)CC1. The minimum absolute atomic E-state index is 0.491. The summed E-state index contributed by atoms with van der Waals surface area (Å²) in [4.78, 5) is 7.33. The third-order valence-electron chi connectivity index (χ3n) is 4.90. The highest BCUT2D eigenvalue weighted by molar-refractivity contribution is 7.14. The number of nitrogens with zero attached hydrogens (tertiary/aromatic N) is 2. The molecule has 0 unspecified atom stereocenters. The molecule has 1 aliphatic rings. The molecular weight excluding hydrogens is 340 g/mol. The van der Waals surface area contributed by atoms with E-state index in [4.69, 9.17) is 4.99 Å². The molecule has 0 radical (unpaired) electrons. The van der Waals surface area contributed by atoms with E-state index in [0.717, 1.165) is 51.4 Å². The lowest BCUT2D eigenvalue weighted by atomic mass is 10.1. The molecule has 0 saturated carbocycles. The Morgan fingerprint density at radius 3 is 2.54 bits per heavy atom. The van der Waals surface area contributed by atoms with Crippen LogP contribution in [0.4, 0.5) is 5.00 Å². The van der Waals surface area contributed by atoms with Gasteiger partial charge < -0.3 is 15.5 Å². The molecule has 1 saturated heterocycles. The van der Waals surface area contributed by atoms with E-state index in [0.29, 0.717) is 6.04 Å². The molecule has 0 aliphatic carbocycles. The second-order valence-electron chi connectivity index (χ2n) is 6.67. The highest BCUT2D eigenvalue weighted by Gasteiger charge is 2.20. The Morgan fingerprint density at radius 1 is 1.12 bits per heavy atom. The normalized spacial score (nSPS) is 15.9. The summed E-state index contributed by atoms with van der Waals surface area (Å²) in [5, 5.41) is 10.6. The van der Waals surface area contributed by atoms with Crippen molar-refractivity contribution in [2.45, 2.75) is 45.7 Å². The van der Waals surface area contributed by atoms with Gasteiger partial charge in [0.05, 0.1) is 11.5 Å². The van der Waals surface area contributed by atoms with Crippen molar-refractivity contribution < 1.29 is 0 Å². The number of rotatable bonds is 6. The van der Waals surface area contributed by atoms with Crippen LogP contribution in [0.15, 0.2) is 46.8 Å². The molecule has 2 heterocycles. The zero-order valence-corrected chi connectivity index (χ0v) is 16.7. The van der Waals surface area contributed by atoms with Crippen molar-refractivity contribution in [3.8, 4) is 0 Å². The second-order valence-corrected chi connectivity index (χ2v) is 7.60. The smallest absolute Gasteiger partial charge is 0.191 e. The zero-order chi connectivity index (χ0) is 18.2. The fourth-order valence-corrected chi connectivity index (χ4v) is 4.21. The van der Waals surface area contributed by atoms with Crippen LogP contribution in [0.1, 0.15) is 37.8 Å². The molecule has 26 heavy (non-hydrogen) atoms. The van der Waals surface area contributed by atoms with E-state index in [1.54, 1.807) is 0 Å². The van der Waals surface area contributed by atoms with E-state index in [9.17, 15) is 0 Å². The van der Waals surface area contributed by atoms with Crippen molar-refractivity contribution in [2.75, 3.05) is 24.5 Å². The van der Waals surface area contributed by atoms with Gasteiger partial charge in [-0.1, -0.05) is 31.2 Å². The molecule has 2 aromatic rings. The number of piperidine rings is 1. The monoisotopic (exact) mass is 370 g/mol. The molecule has 4 nitrogen and oxygen atoms in total. The standard InChI is InChI=1S/C21H30N4S/c1-3-17-8-5-6-9-18(17)16-23-21(22-4-2)24-19-11-13-25(14-12-19)20-10-7-15-26-20/h5-10,15,19H,3-4,11-14,16H2,1-2H3,(H2,22,23,24). The highest BCUT2D eigenvalue weighted by atomic mass is 32.1. The summed E-state index contributed by atoms with van der Waals surface area (Å²) >= 11 is 1.83. The predicted octanol–water partition coefficient (Wildman–Crippen LogP) is 4.03. The maximum absolute atomic E-state index is 4.84. The largest absolute Gasteiger partial charge is 0.363 e. The minimum Gasteiger partial charge on any atom is -0.363 e. The van der Waals surface area contributed by atoms with E-state index < -0.39 is 0 Å². The maximum atomic E-state index is 4.84. The van der Waals surface area contributed by atoms with Crippen LogP contribution in [0.3, 0.4) is 0 Å². The van der Waals surface area contributed by atoms with Gasteiger partial charge >= 0.3 is 0 Å². The van der Waals surface area contributed by atoms with Crippen molar-refractivity contribution in [1.29, 1.82) is 0 Å². The molecule has 0 bridgehead atoms. The van der Waals surface area contributed by atoms with Crippen LogP contribution >= 0.6 is 11.3 Å². The van der Waals surface area contributed by atoms with Crippen LogP contribution in [0, 0.1) is 0 Å². The van der Waals surface area contributed by atoms with Gasteiger partial charge in [-0.25, -0.2) is 4.99 Å². The molecule has 1 fully saturated rings. The van der Waals surface area contributed by atoms with Crippen molar-refractivity contribution in [3.63, 3.8) is 0 Å². The number of guanidine groups is 1. The van der Waals surface area contributed by atoms with E-state index in [2.05, 4.69) is 71.2 Å². The number of aryl methyl sites for hydroxylation is 1. The lowest BCUT2D eigenvalue weighted by Crippen LogP contribution is -2.48. The van der Waals surface area contributed by atoms with E-state index in [-0.39, 0.29) is 0 Å². The maximum Gasteiger partial charge on any atom is 0.191 e. The number of benzene rings is 1. The molecule has 2 N–H and O–H groups in total. The molecule has 1 aromatic heterocycles. The first-order valence-corrected chi connectivity index (χ1v) is 10.6. The second kappa shape index (κ2) is 9.62. The number of thiophene rings is 1. The molecule has 5 heteroatoms. The molecule has 0 atom stereocenters. The number of hydrogen-bond acceptors (Lipinski definition) is 3. The Kier molecular flexibility index (Phi) is 6.95. The van der Waals surface area contributed by atoms with Gasteiger partial charge in [-0.3, -0.25) is 0 Å². The quantitative estimate of drug-likeness (QED) is 0.596. The molecule has 1 aromatic carbocycles. The van der Waals surface area contributed by atoms with E-state index >= 15 is 0 Å². The third-order valence-corrected chi connectivity index (χ3v) is 5.83. The van der Waals surface area contributed by atoms with Gasteiger partial charge in [-0.05, 0) is 54.8 Å². The summed E-state index contributed by atoms with van der Waals surface area (Å²) in [5.41, 5.74) is 2.70. The van der Waals surface area contributed by atoms with Crippen LogP contribution in [-0.4, -0.2) is 31.6 Å². The van der Waals surface area contributed by atoms with E-state index in [1.807, 2.05) is 11.3 Å². The summed E-state index contributed by atoms with van der Waals surface area (Å²) in [6.07, 6.45) is 3.35. The average molecular weight is 371 g/mol. The summed E-state index contributed by atoms with van der Waals surface area (Å²) in [5.74, 6) is 0.938. The van der Waals surface area contributed by atoms with Gasteiger partial charge in [0.15, 0.2) is 5.96 Å². The zero-order valence-electron chi connectivity index (χ0n) is 15.9. The number of hydrogen-bond donors (Lipinski definition) is 2. The Bertz CT molecular complexity index is 688. The van der Waals surface area contributed by atoms with Gasteiger partial charge in [-0.2, -0.15) is 0 Å². The van der Waals surface area contributed by atoms with Gasteiger partial charge in [0.25, 0.3) is 0 Å². The Hall–Kier alpha value is -2.01. The van der Waals surface area contributed by atoms with Crippen LogP contribution in [0.5, 0.6) is 0 Å². The number of nitrogens with one attached hydrogen (secondary N) is 2. The van der Waals surface area contributed by atoms with Crippen LogP contribution in [-0.2, 0) is 13.0 Å². The first kappa shape index (κ1) is 18.8. The van der Waals surface area contributed by atoms with Crippen molar-refractivity contribution in [3.05, 3.63) is 52.9 Å². The molecule has 3 rings (SSSR count). The topological polar surface area (TPSA) is 39.7 Å². The summed E-state index contributed by atoms with van der Waals surface area (Å²) < 4.78 is 0. The first-order valence-electron chi connectivity index (χ1n) is 9.70. The van der Waals surface area contributed by atoms with Gasteiger partial charge in [0.1, 0.15) is 0 Å². The van der Waals surface area contributed by atoms with Crippen molar-refractivity contribution in [1.82, 2.24) is 10.6 Å².